The number of piperidine rings is 1. The number of rotatable bonds is 4. The molecule has 24 heavy (non-hydrogen) atoms. The lowest BCUT2D eigenvalue weighted by Gasteiger charge is -2.32. The second-order valence-corrected chi connectivity index (χ2v) is 7.60. The van der Waals surface area contributed by atoms with Crippen LogP contribution in [0.2, 0.25) is 0 Å². The minimum Gasteiger partial charge on any atom is -0.340 e. The fourth-order valence-electron chi connectivity index (χ4n) is 2.88. The topological polar surface area (TPSA) is 84.2 Å². The van der Waals surface area contributed by atoms with Crippen LogP contribution >= 0.6 is 11.3 Å². The summed E-state index contributed by atoms with van der Waals surface area (Å²) in [6, 6.07) is -0.0753. The van der Waals surface area contributed by atoms with E-state index in [0.29, 0.717) is 29.4 Å². The Labute approximate surface area is 145 Å². The molecule has 2 aromatic heterocycles. The number of aryl methyl sites for hydroxylation is 1. The lowest BCUT2D eigenvalue weighted by atomic mass is 9.95. The number of carbonyl (C=O) groups is 1. The number of hydrogen-bond acceptors (Lipinski definition) is 6. The normalized spacial score (nSPS) is 18.2. The molecule has 7 nitrogen and oxygen atoms in total. The van der Waals surface area contributed by atoms with Crippen LogP contribution in [0.3, 0.4) is 0 Å². The number of nitrogens with one attached hydrogen (secondary N) is 1. The number of hydrogen-bond donors (Lipinski definition) is 1. The van der Waals surface area contributed by atoms with Gasteiger partial charge < -0.3 is 9.42 Å². The molecule has 1 N–H and O–H groups in total. The SMILES string of the molecule is Cc1nc(C[C@@H]2CCCN(C(=O)Nc3ncc(C(C)C)s3)C2)no1. The summed E-state index contributed by atoms with van der Waals surface area (Å²) in [4.78, 5) is 24.1. The van der Waals surface area contributed by atoms with Gasteiger partial charge in [0, 0.05) is 37.5 Å². The van der Waals surface area contributed by atoms with Crippen molar-refractivity contribution in [2.45, 2.75) is 46.0 Å². The maximum absolute atomic E-state index is 12.5. The van der Waals surface area contributed by atoms with Gasteiger partial charge in [-0.3, -0.25) is 5.32 Å². The summed E-state index contributed by atoms with van der Waals surface area (Å²) >= 11 is 1.54. The second kappa shape index (κ2) is 7.29. The molecule has 3 rings (SSSR count). The summed E-state index contributed by atoms with van der Waals surface area (Å²) in [5.41, 5.74) is 0. The number of anilines is 1. The first kappa shape index (κ1) is 16.9. The predicted molar refractivity (Wildman–Crippen MR) is 92.3 cm³/mol. The van der Waals surface area contributed by atoms with E-state index in [4.69, 9.17) is 4.52 Å². The van der Waals surface area contributed by atoms with Gasteiger partial charge in [0.2, 0.25) is 5.89 Å². The molecule has 0 unspecified atom stereocenters. The van der Waals surface area contributed by atoms with Crippen LogP contribution in [-0.2, 0) is 6.42 Å². The molecule has 1 saturated heterocycles. The predicted octanol–water partition coefficient (Wildman–Crippen LogP) is 3.44. The van der Waals surface area contributed by atoms with E-state index >= 15 is 0 Å². The molecule has 0 bridgehead atoms. The van der Waals surface area contributed by atoms with Crippen molar-refractivity contribution in [3.8, 4) is 0 Å². The van der Waals surface area contributed by atoms with Gasteiger partial charge in [-0.15, -0.1) is 11.3 Å². The highest BCUT2D eigenvalue weighted by molar-refractivity contribution is 7.15. The first-order valence-corrected chi connectivity index (χ1v) is 9.13. The molecule has 0 saturated carbocycles. The van der Waals surface area contributed by atoms with E-state index in [1.54, 1.807) is 6.92 Å². The molecule has 0 spiro atoms. The van der Waals surface area contributed by atoms with E-state index in [1.807, 2.05) is 11.1 Å². The summed E-state index contributed by atoms with van der Waals surface area (Å²) in [6.45, 7) is 7.51. The molecule has 0 radical (unpaired) electrons. The van der Waals surface area contributed by atoms with E-state index in [-0.39, 0.29) is 6.03 Å². The Morgan fingerprint density at radius 1 is 1.54 bits per heavy atom. The Morgan fingerprint density at radius 2 is 2.38 bits per heavy atom. The first-order chi connectivity index (χ1) is 11.5. The monoisotopic (exact) mass is 349 g/mol. The number of nitrogens with zero attached hydrogens (tertiary/aromatic N) is 4. The molecule has 1 aliphatic heterocycles. The standard InChI is InChI=1S/C16H23N5O2S/c1-10(2)13-8-17-15(24-13)19-16(22)21-6-4-5-12(9-21)7-14-18-11(3)23-20-14/h8,10,12H,4-7,9H2,1-3H3,(H,17,19,22)/t12-/m0/s1. The summed E-state index contributed by atoms with van der Waals surface area (Å²) in [6.07, 6.45) is 4.65. The zero-order chi connectivity index (χ0) is 17.1. The van der Waals surface area contributed by atoms with Crippen molar-refractivity contribution in [2.75, 3.05) is 18.4 Å². The van der Waals surface area contributed by atoms with Gasteiger partial charge in [-0.05, 0) is 24.7 Å². The van der Waals surface area contributed by atoms with Gasteiger partial charge >= 0.3 is 6.03 Å². The average molecular weight is 349 g/mol. The van der Waals surface area contributed by atoms with Crippen LogP contribution in [0.5, 0.6) is 0 Å². The highest BCUT2D eigenvalue weighted by atomic mass is 32.1. The van der Waals surface area contributed by atoms with Gasteiger partial charge in [-0.25, -0.2) is 9.78 Å². The maximum Gasteiger partial charge on any atom is 0.323 e. The Morgan fingerprint density at radius 3 is 3.04 bits per heavy atom. The van der Waals surface area contributed by atoms with E-state index < -0.39 is 0 Å². The van der Waals surface area contributed by atoms with Crippen molar-refractivity contribution in [1.29, 1.82) is 0 Å². The van der Waals surface area contributed by atoms with E-state index in [0.717, 1.165) is 31.6 Å². The molecule has 8 heteroatoms. The van der Waals surface area contributed by atoms with Gasteiger partial charge in [0.1, 0.15) is 0 Å². The zero-order valence-electron chi connectivity index (χ0n) is 14.3. The van der Waals surface area contributed by atoms with Crippen LogP contribution < -0.4 is 5.32 Å². The van der Waals surface area contributed by atoms with Crippen molar-refractivity contribution in [1.82, 2.24) is 20.0 Å². The van der Waals surface area contributed by atoms with Crippen LogP contribution in [-0.4, -0.2) is 39.1 Å². The molecule has 0 aromatic carbocycles. The summed E-state index contributed by atoms with van der Waals surface area (Å²) in [7, 11) is 0. The molecule has 1 fully saturated rings. The quantitative estimate of drug-likeness (QED) is 0.914. The number of aromatic nitrogens is 3. The number of urea groups is 1. The molecule has 2 aromatic rings. The highest BCUT2D eigenvalue weighted by Crippen LogP contribution is 2.26. The molecule has 2 amide bonds. The Bertz CT molecular complexity index is 696. The highest BCUT2D eigenvalue weighted by Gasteiger charge is 2.25. The fourth-order valence-corrected chi connectivity index (χ4v) is 3.69. The van der Waals surface area contributed by atoms with Crippen molar-refractivity contribution in [2.24, 2.45) is 5.92 Å². The Balaban J connectivity index is 1.56. The van der Waals surface area contributed by atoms with Gasteiger partial charge in [-0.2, -0.15) is 4.98 Å². The summed E-state index contributed by atoms with van der Waals surface area (Å²) < 4.78 is 5.02. The van der Waals surface area contributed by atoms with Crippen LogP contribution in [0.4, 0.5) is 9.93 Å². The van der Waals surface area contributed by atoms with Gasteiger partial charge in [0.25, 0.3) is 0 Å². The lowest BCUT2D eigenvalue weighted by molar-refractivity contribution is 0.176. The lowest BCUT2D eigenvalue weighted by Crippen LogP contribution is -2.42. The molecular weight excluding hydrogens is 326 g/mol. The third kappa shape index (κ3) is 4.11. The van der Waals surface area contributed by atoms with Crippen molar-refractivity contribution >= 4 is 22.5 Å². The minimum absolute atomic E-state index is 0.0753. The van der Waals surface area contributed by atoms with E-state index in [2.05, 4.69) is 34.3 Å². The van der Waals surface area contributed by atoms with Crippen LogP contribution in [0.1, 0.15) is 49.2 Å². The Kier molecular flexibility index (Phi) is 5.13. The average Bonchev–Trinajstić information content (AvgIpc) is 3.17. The van der Waals surface area contributed by atoms with E-state index in [1.165, 1.54) is 16.2 Å². The molecule has 3 heterocycles. The molecule has 130 valence electrons. The summed E-state index contributed by atoms with van der Waals surface area (Å²) in [5, 5.41) is 7.54. The molecule has 0 aliphatic carbocycles. The largest absolute Gasteiger partial charge is 0.340 e. The zero-order valence-corrected chi connectivity index (χ0v) is 15.1. The molecule has 1 aliphatic rings. The third-order valence-electron chi connectivity index (χ3n) is 4.15. The molecular formula is C16H23N5O2S. The van der Waals surface area contributed by atoms with Gasteiger partial charge in [0.15, 0.2) is 11.0 Å². The number of carbonyl (C=O) groups excluding carboxylic acids is 1. The van der Waals surface area contributed by atoms with Crippen LogP contribution in [0.25, 0.3) is 0 Å². The number of amides is 2. The molecule has 1 atom stereocenters. The first-order valence-electron chi connectivity index (χ1n) is 8.32. The van der Waals surface area contributed by atoms with Crippen molar-refractivity contribution in [3.63, 3.8) is 0 Å². The van der Waals surface area contributed by atoms with Crippen molar-refractivity contribution < 1.29 is 9.32 Å². The van der Waals surface area contributed by atoms with Gasteiger partial charge in [0.05, 0.1) is 0 Å². The fraction of sp³-hybridized carbons (Fsp3) is 0.625. The van der Waals surface area contributed by atoms with Crippen LogP contribution in [0, 0.1) is 12.8 Å². The van der Waals surface area contributed by atoms with Crippen molar-refractivity contribution in [3.05, 3.63) is 22.8 Å². The van der Waals surface area contributed by atoms with Gasteiger partial charge in [-0.1, -0.05) is 19.0 Å². The number of thiazole rings is 1. The smallest absolute Gasteiger partial charge is 0.323 e. The minimum atomic E-state index is -0.0753. The van der Waals surface area contributed by atoms with E-state index in [9.17, 15) is 4.79 Å². The second-order valence-electron chi connectivity index (χ2n) is 6.54. The number of likely N-dealkylation sites (tertiary alicyclic amines) is 1. The maximum atomic E-state index is 12.5. The summed E-state index contributed by atoms with van der Waals surface area (Å²) in [5.74, 6) is 2.09. The van der Waals surface area contributed by atoms with Crippen LogP contribution in [0.15, 0.2) is 10.7 Å². The third-order valence-corrected chi connectivity index (χ3v) is 5.37. The Hall–Kier alpha value is -1.96.